The largest absolute Gasteiger partial charge is 0.505 e. The third kappa shape index (κ3) is 4.50. The number of fused-ring (bicyclic) bond motifs is 6. The van der Waals surface area contributed by atoms with Gasteiger partial charge in [0.25, 0.3) is 15.9 Å². The Hall–Kier alpha value is -2.82. The van der Waals surface area contributed by atoms with E-state index in [0.29, 0.717) is 22.3 Å². The molecular formula is C22H17ClF2N2O4S2. The molecule has 6 nitrogen and oxygen atoms in total. The number of rotatable bonds is 0. The van der Waals surface area contributed by atoms with Crippen LogP contribution in [0.25, 0.3) is 11.1 Å². The highest BCUT2D eigenvalue weighted by molar-refractivity contribution is 7.99. The lowest BCUT2D eigenvalue weighted by Crippen LogP contribution is -2.29. The van der Waals surface area contributed by atoms with E-state index in [1.165, 1.54) is 23.7 Å². The Balaban J connectivity index is 1.95. The first-order valence-electron chi connectivity index (χ1n) is 9.60. The van der Waals surface area contributed by atoms with Crippen LogP contribution in [0.5, 0.6) is 5.75 Å². The van der Waals surface area contributed by atoms with Crippen LogP contribution in [-0.4, -0.2) is 43.7 Å². The van der Waals surface area contributed by atoms with E-state index in [0.717, 1.165) is 18.2 Å². The first-order valence-corrected chi connectivity index (χ1v) is 12.4. The summed E-state index contributed by atoms with van der Waals surface area (Å²) in [5.74, 6) is -2.88. The van der Waals surface area contributed by atoms with Crippen LogP contribution in [0.1, 0.15) is 10.4 Å². The van der Waals surface area contributed by atoms with E-state index in [1.54, 1.807) is 24.3 Å². The monoisotopic (exact) mass is 510 g/mol. The second-order valence-electron chi connectivity index (χ2n) is 7.29. The number of hydrogen-bond acceptors (Lipinski definition) is 5. The number of nitrogens with zero attached hydrogens (tertiary/aromatic N) is 1. The SMILES string of the molecule is CN1CCSc2ccccc2-c2cc(c(F)cc2F)NS(=O)(=O)c2cc(cc(Cl)c2O)C1=O. The number of hydrogen-bond donors (Lipinski definition) is 2. The fourth-order valence-corrected chi connectivity index (χ4v) is 5.94. The van der Waals surface area contributed by atoms with Gasteiger partial charge in [0, 0.05) is 41.4 Å². The number of thioether (sulfide) groups is 1. The molecule has 1 aliphatic heterocycles. The molecule has 1 aliphatic rings. The Kier molecular flexibility index (Phi) is 6.26. The van der Waals surface area contributed by atoms with Crippen molar-refractivity contribution in [2.75, 3.05) is 24.1 Å². The predicted molar refractivity (Wildman–Crippen MR) is 123 cm³/mol. The Morgan fingerprint density at radius 1 is 1.09 bits per heavy atom. The molecule has 0 radical (unpaired) electrons. The van der Waals surface area contributed by atoms with Gasteiger partial charge in [0.15, 0.2) is 5.75 Å². The summed E-state index contributed by atoms with van der Waals surface area (Å²) in [5, 5.41) is 9.92. The standard InChI is InChI=1S/C22H17ClF2N2O4S2/c1-27-6-7-32-19-5-3-2-4-13(19)14-10-18(17(25)11-16(14)24)26-33(30,31)20-9-12(22(27)29)8-15(23)21(20)28/h2-5,8-11,26,28H,6-7H2,1H3. The number of carbonyl (C=O) groups excluding carboxylic acids is 1. The number of anilines is 1. The van der Waals surface area contributed by atoms with Gasteiger partial charge in [-0.1, -0.05) is 29.8 Å². The molecule has 0 spiro atoms. The fraction of sp³-hybridized carbons (Fsp3) is 0.136. The highest BCUT2D eigenvalue weighted by Gasteiger charge is 2.27. The third-order valence-corrected chi connectivity index (χ3v) is 7.79. The van der Waals surface area contributed by atoms with Crippen LogP contribution in [-0.2, 0) is 10.0 Å². The Bertz CT molecular complexity index is 1380. The molecule has 0 aliphatic carbocycles. The lowest BCUT2D eigenvalue weighted by molar-refractivity contribution is 0.0803. The number of benzene rings is 3. The highest BCUT2D eigenvalue weighted by atomic mass is 35.5. The molecule has 172 valence electrons. The number of phenols is 1. The number of carbonyl (C=O) groups is 1. The van der Waals surface area contributed by atoms with Gasteiger partial charge >= 0.3 is 0 Å². The van der Waals surface area contributed by atoms with Crippen molar-refractivity contribution in [2.24, 2.45) is 0 Å². The number of phenolic OH excluding ortho intramolecular Hbond substituents is 1. The second-order valence-corrected chi connectivity index (χ2v) is 10.5. The fourth-order valence-electron chi connectivity index (χ4n) is 3.36. The minimum Gasteiger partial charge on any atom is -0.505 e. The maximum absolute atomic E-state index is 14.7. The van der Waals surface area contributed by atoms with E-state index in [4.69, 9.17) is 11.6 Å². The highest BCUT2D eigenvalue weighted by Crippen LogP contribution is 2.38. The van der Waals surface area contributed by atoms with Crippen molar-refractivity contribution in [1.29, 1.82) is 0 Å². The molecule has 0 atom stereocenters. The van der Waals surface area contributed by atoms with Gasteiger partial charge < -0.3 is 10.0 Å². The summed E-state index contributed by atoms with van der Waals surface area (Å²) >= 11 is 7.36. The Labute approximate surface area is 198 Å². The van der Waals surface area contributed by atoms with Gasteiger partial charge in [0.1, 0.15) is 16.5 Å². The minimum atomic E-state index is -4.61. The molecule has 4 rings (SSSR count). The average molecular weight is 511 g/mol. The summed E-state index contributed by atoms with van der Waals surface area (Å²) in [5.41, 5.74) is -0.157. The topological polar surface area (TPSA) is 86.7 Å². The summed E-state index contributed by atoms with van der Waals surface area (Å²) in [6, 6.07) is 10.6. The molecular weight excluding hydrogens is 494 g/mol. The molecule has 0 unspecified atom stereocenters. The molecule has 1 heterocycles. The van der Waals surface area contributed by atoms with Crippen LogP contribution in [0.15, 0.2) is 58.3 Å². The molecule has 1 amide bonds. The smallest absolute Gasteiger partial charge is 0.265 e. The van der Waals surface area contributed by atoms with Crippen LogP contribution >= 0.6 is 23.4 Å². The molecule has 0 aromatic heterocycles. The molecule has 3 aromatic carbocycles. The lowest BCUT2D eigenvalue weighted by Gasteiger charge is -2.18. The van der Waals surface area contributed by atoms with Gasteiger partial charge in [-0.2, -0.15) is 0 Å². The molecule has 33 heavy (non-hydrogen) atoms. The normalized spacial score (nSPS) is 15.8. The van der Waals surface area contributed by atoms with Crippen molar-refractivity contribution >= 4 is 45.0 Å². The third-order valence-electron chi connectivity index (χ3n) is 5.07. The Morgan fingerprint density at radius 3 is 2.58 bits per heavy atom. The molecule has 0 saturated carbocycles. The maximum atomic E-state index is 14.7. The number of sulfonamides is 1. The Morgan fingerprint density at radius 2 is 1.82 bits per heavy atom. The van der Waals surface area contributed by atoms with Crippen molar-refractivity contribution in [3.05, 3.63) is 70.8 Å². The first kappa shape index (κ1) is 23.3. The van der Waals surface area contributed by atoms with E-state index in [9.17, 15) is 27.1 Å². The minimum absolute atomic E-state index is 0.00694. The zero-order chi connectivity index (χ0) is 23.9. The molecule has 0 saturated heterocycles. The molecule has 11 heteroatoms. The molecule has 4 bridgehead atoms. The van der Waals surface area contributed by atoms with Crippen molar-refractivity contribution in [3.63, 3.8) is 0 Å². The number of nitrogens with one attached hydrogen (secondary N) is 1. The van der Waals surface area contributed by atoms with E-state index < -0.39 is 43.9 Å². The van der Waals surface area contributed by atoms with Gasteiger partial charge in [-0.3, -0.25) is 9.52 Å². The van der Waals surface area contributed by atoms with Gasteiger partial charge in [0.05, 0.1) is 10.7 Å². The quantitative estimate of drug-likeness (QED) is 0.446. The van der Waals surface area contributed by atoms with Crippen molar-refractivity contribution < 1.29 is 27.1 Å². The summed E-state index contributed by atoms with van der Waals surface area (Å²) in [6.45, 7) is 0.286. The van der Waals surface area contributed by atoms with Crippen LogP contribution in [0, 0.1) is 11.6 Å². The van der Waals surface area contributed by atoms with E-state index in [1.807, 2.05) is 4.72 Å². The zero-order valence-corrected chi connectivity index (χ0v) is 19.5. The number of amides is 1. The van der Waals surface area contributed by atoms with Crippen LogP contribution in [0.3, 0.4) is 0 Å². The van der Waals surface area contributed by atoms with Crippen molar-refractivity contribution in [1.82, 2.24) is 4.90 Å². The van der Waals surface area contributed by atoms with Gasteiger partial charge in [-0.05, 0) is 29.8 Å². The number of halogens is 3. The summed E-state index contributed by atoms with van der Waals surface area (Å²) in [4.78, 5) is 14.2. The number of aromatic hydroxyl groups is 1. The molecule has 0 fully saturated rings. The summed E-state index contributed by atoms with van der Waals surface area (Å²) < 4.78 is 57.4. The van der Waals surface area contributed by atoms with Gasteiger partial charge in [-0.25, -0.2) is 17.2 Å². The maximum Gasteiger partial charge on any atom is 0.265 e. The average Bonchev–Trinajstić information content (AvgIpc) is 2.76. The van der Waals surface area contributed by atoms with Crippen molar-refractivity contribution in [2.45, 2.75) is 9.79 Å². The van der Waals surface area contributed by atoms with E-state index in [2.05, 4.69) is 0 Å². The van der Waals surface area contributed by atoms with Crippen LogP contribution in [0.2, 0.25) is 5.02 Å². The lowest BCUT2D eigenvalue weighted by atomic mass is 10.0. The van der Waals surface area contributed by atoms with E-state index in [-0.39, 0.29) is 22.7 Å². The second kappa shape index (κ2) is 8.85. The molecule has 3 aromatic rings. The zero-order valence-electron chi connectivity index (χ0n) is 17.1. The first-order chi connectivity index (χ1) is 15.6. The van der Waals surface area contributed by atoms with Gasteiger partial charge in [0.2, 0.25) is 0 Å². The van der Waals surface area contributed by atoms with E-state index >= 15 is 0 Å². The van der Waals surface area contributed by atoms with Crippen LogP contribution < -0.4 is 4.72 Å². The molecule has 2 N–H and O–H groups in total. The summed E-state index contributed by atoms with van der Waals surface area (Å²) in [7, 11) is -3.07. The summed E-state index contributed by atoms with van der Waals surface area (Å²) in [6.07, 6.45) is 0. The predicted octanol–water partition coefficient (Wildman–Crippen LogP) is 4.97. The van der Waals surface area contributed by atoms with Gasteiger partial charge in [-0.15, -0.1) is 11.8 Å². The van der Waals surface area contributed by atoms with Crippen LogP contribution in [0.4, 0.5) is 14.5 Å². The van der Waals surface area contributed by atoms with Crippen molar-refractivity contribution in [3.8, 4) is 16.9 Å².